The highest BCUT2D eigenvalue weighted by molar-refractivity contribution is 9.10. The average Bonchev–Trinajstić information content (AvgIpc) is 2.37. The van der Waals surface area contributed by atoms with Crippen LogP contribution in [0.5, 0.6) is 0 Å². The van der Waals surface area contributed by atoms with Gasteiger partial charge in [0, 0.05) is 22.8 Å². The molecule has 112 valence electrons. The van der Waals surface area contributed by atoms with Crippen LogP contribution in [0.15, 0.2) is 34.8 Å². The normalized spacial score (nSPS) is 11.3. The van der Waals surface area contributed by atoms with Gasteiger partial charge in [-0.1, -0.05) is 22.0 Å². The van der Waals surface area contributed by atoms with Gasteiger partial charge < -0.3 is 10.6 Å². The fraction of sp³-hybridized carbons (Fsp3) is 0.231. The maximum absolute atomic E-state index is 12.8. The summed E-state index contributed by atoms with van der Waals surface area (Å²) in [6, 6.07) is 8.48. The first-order chi connectivity index (χ1) is 9.88. The molecule has 0 amide bonds. The lowest BCUT2D eigenvalue weighted by molar-refractivity contribution is -0.144. The summed E-state index contributed by atoms with van der Waals surface area (Å²) in [5.74, 6) is -0.984. The number of halogens is 4. The summed E-state index contributed by atoms with van der Waals surface area (Å²) in [6.07, 6.45) is -4.60. The van der Waals surface area contributed by atoms with E-state index in [1.807, 2.05) is 6.07 Å². The van der Waals surface area contributed by atoms with Gasteiger partial charge in [0.05, 0.1) is 0 Å². The Kier molecular flexibility index (Phi) is 4.66. The fourth-order valence-corrected chi connectivity index (χ4v) is 2.02. The maximum Gasteiger partial charge on any atom is 0.451 e. The summed E-state index contributed by atoms with van der Waals surface area (Å²) in [5.41, 5.74) is 0.624. The minimum Gasteiger partial charge on any atom is -0.370 e. The molecule has 0 saturated carbocycles. The van der Waals surface area contributed by atoms with E-state index in [0.29, 0.717) is 12.2 Å². The quantitative estimate of drug-likeness (QED) is 0.846. The lowest BCUT2D eigenvalue weighted by Crippen LogP contribution is -2.14. The third-order valence-electron chi connectivity index (χ3n) is 2.43. The zero-order valence-electron chi connectivity index (χ0n) is 11.0. The zero-order valence-corrected chi connectivity index (χ0v) is 12.6. The highest BCUT2D eigenvalue weighted by Crippen LogP contribution is 2.29. The second-order valence-corrected chi connectivity index (χ2v) is 5.04. The van der Waals surface area contributed by atoms with Gasteiger partial charge in [-0.15, -0.1) is 0 Å². The molecule has 0 bridgehead atoms. The first-order valence-corrected chi connectivity index (χ1v) is 6.90. The molecule has 0 aliphatic heterocycles. The van der Waals surface area contributed by atoms with Gasteiger partial charge in [-0.3, -0.25) is 0 Å². The number of rotatable bonds is 4. The smallest absolute Gasteiger partial charge is 0.370 e. The van der Waals surface area contributed by atoms with Crippen molar-refractivity contribution >= 4 is 33.3 Å². The molecule has 1 aromatic carbocycles. The van der Waals surface area contributed by atoms with Crippen LogP contribution < -0.4 is 10.6 Å². The van der Waals surface area contributed by atoms with Crippen LogP contribution in [0, 0.1) is 0 Å². The molecule has 0 saturated heterocycles. The van der Waals surface area contributed by atoms with E-state index in [2.05, 4.69) is 36.5 Å². The van der Waals surface area contributed by atoms with Crippen molar-refractivity contribution in [3.63, 3.8) is 0 Å². The van der Waals surface area contributed by atoms with Crippen LogP contribution in [-0.2, 0) is 6.18 Å². The van der Waals surface area contributed by atoms with Crippen molar-refractivity contribution in [2.24, 2.45) is 0 Å². The number of hydrogen-bond donors (Lipinski definition) is 2. The van der Waals surface area contributed by atoms with Crippen LogP contribution in [0.4, 0.5) is 30.5 Å². The molecule has 8 heteroatoms. The van der Waals surface area contributed by atoms with Crippen molar-refractivity contribution in [2.45, 2.75) is 13.1 Å². The van der Waals surface area contributed by atoms with Crippen molar-refractivity contribution in [3.8, 4) is 0 Å². The van der Waals surface area contributed by atoms with Crippen molar-refractivity contribution in [3.05, 3.63) is 40.6 Å². The summed E-state index contributed by atoms with van der Waals surface area (Å²) < 4.78 is 39.2. The molecular formula is C13H12BrF3N4. The van der Waals surface area contributed by atoms with E-state index in [9.17, 15) is 13.2 Å². The van der Waals surface area contributed by atoms with Crippen molar-refractivity contribution in [1.82, 2.24) is 9.97 Å². The summed E-state index contributed by atoms with van der Waals surface area (Å²) in [5, 5.41) is 5.59. The Labute approximate surface area is 127 Å². The molecule has 0 radical (unpaired) electrons. The van der Waals surface area contributed by atoms with E-state index in [0.717, 1.165) is 4.47 Å². The molecule has 2 aromatic rings. The minimum absolute atomic E-state index is 0.0753. The number of anilines is 3. The van der Waals surface area contributed by atoms with Gasteiger partial charge in [-0.25, -0.2) is 9.97 Å². The van der Waals surface area contributed by atoms with Crippen LogP contribution >= 0.6 is 15.9 Å². The number of nitrogens with zero attached hydrogens (tertiary/aromatic N) is 2. The molecule has 0 spiro atoms. The van der Waals surface area contributed by atoms with E-state index in [4.69, 9.17) is 0 Å². The van der Waals surface area contributed by atoms with E-state index in [1.54, 1.807) is 25.1 Å². The lowest BCUT2D eigenvalue weighted by atomic mass is 10.3. The second-order valence-electron chi connectivity index (χ2n) is 4.13. The molecule has 0 atom stereocenters. The topological polar surface area (TPSA) is 49.8 Å². The van der Waals surface area contributed by atoms with Gasteiger partial charge in [0.2, 0.25) is 5.82 Å². The Morgan fingerprint density at radius 1 is 1.14 bits per heavy atom. The van der Waals surface area contributed by atoms with Crippen LogP contribution in [0.1, 0.15) is 12.7 Å². The van der Waals surface area contributed by atoms with Crippen LogP contribution in [0.3, 0.4) is 0 Å². The number of hydrogen-bond acceptors (Lipinski definition) is 4. The first-order valence-electron chi connectivity index (χ1n) is 6.11. The van der Waals surface area contributed by atoms with Crippen LogP contribution in [-0.4, -0.2) is 16.5 Å². The van der Waals surface area contributed by atoms with Gasteiger partial charge in [0.15, 0.2) is 0 Å². The Bertz CT molecular complexity index is 631. The Hall–Kier alpha value is -1.83. The van der Waals surface area contributed by atoms with Crippen molar-refractivity contribution in [1.29, 1.82) is 0 Å². The highest BCUT2D eigenvalue weighted by Gasteiger charge is 2.35. The lowest BCUT2D eigenvalue weighted by Gasteiger charge is -2.12. The monoisotopic (exact) mass is 360 g/mol. The first kappa shape index (κ1) is 15.6. The molecule has 0 aliphatic carbocycles. The van der Waals surface area contributed by atoms with E-state index in [-0.39, 0.29) is 11.6 Å². The average molecular weight is 361 g/mol. The second kappa shape index (κ2) is 6.30. The Morgan fingerprint density at radius 2 is 1.86 bits per heavy atom. The molecule has 1 heterocycles. The molecule has 2 rings (SSSR count). The molecule has 21 heavy (non-hydrogen) atoms. The molecule has 4 nitrogen and oxygen atoms in total. The van der Waals surface area contributed by atoms with Gasteiger partial charge in [-0.05, 0) is 25.1 Å². The summed E-state index contributed by atoms with van der Waals surface area (Å²) in [7, 11) is 0. The number of benzene rings is 1. The minimum atomic E-state index is -4.60. The third kappa shape index (κ3) is 4.32. The standard InChI is InChI=1S/C13H12BrF3N4/c1-2-18-10-7-11(21-12(20-10)13(15,16)17)19-9-5-3-4-8(14)6-9/h3-7H,2H2,1H3,(H2,18,19,20,21). The molecular weight excluding hydrogens is 349 g/mol. The SMILES string of the molecule is CCNc1cc(Nc2cccc(Br)c2)nc(C(F)(F)F)n1. The number of aromatic nitrogens is 2. The summed E-state index contributed by atoms with van der Waals surface area (Å²) >= 11 is 3.30. The molecule has 0 aliphatic rings. The Morgan fingerprint density at radius 3 is 2.48 bits per heavy atom. The zero-order chi connectivity index (χ0) is 15.5. The predicted octanol–water partition coefficient (Wildman–Crippen LogP) is 4.43. The summed E-state index contributed by atoms with van der Waals surface area (Å²) in [4.78, 5) is 6.97. The molecule has 1 aromatic heterocycles. The van der Waals surface area contributed by atoms with Gasteiger partial charge >= 0.3 is 6.18 Å². The van der Waals surface area contributed by atoms with Crippen molar-refractivity contribution < 1.29 is 13.2 Å². The van der Waals surface area contributed by atoms with E-state index >= 15 is 0 Å². The van der Waals surface area contributed by atoms with E-state index in [1.165, 1.54) is 6.07 Å². The number of alkyl halides is 3. The predicted molar refractivity (Wildman–Crippen MR) is 78.6 cm³/mol. The van der Waals surface area contributed by atoms with Gasteiger partial charge in [0.1, 0.15) is 11.6 Å². The van der Waals surface area contributed by atoms with Crippen molar-refractivity contribution in [2.75, 3.05) is 17.2 Å². The molecule has 2 N–H and O–H groups in total. The molecule has 0 fully saturated rings. The third-order valence-corrected chi connectivity index (χ3v) is 2.93. The van der Waals surface area contributed by atoms with Crippen LogP contribution in [0.2, 0.25) is 0 Å². The van der Waals surface area contributed by atoms with Gasteiger partial charge in [-0.2, -0.15) is 13.2 Å². The highest BCUT2D eigenvalue weighted by atomic mass is 79.9. The Balaban J connectivity index is 2.35. The molecule has 0 unspecified atom stereocenters. The largest absolute Gasteiger partial charge is 0.451 e. The fourth-order valence-electron chi connectivity index (χ4n) is 1.62. The maximum atomic E-state index is 12.8. The number of nitrogens with one attached hydrogen (secondary N) is 2. The van der Waals surface area contributed by atoms with E-state index < -0.39 is 12.0 Å². The van der Waals surface area contributed by atoms with Crippen LogP contribution in [0.25, 0.3) is 0 Å². The van der Waals surface area contributed by atoms with Gasteiger partial charge in [0.25, 0.3) is 0 Å². The summed E-state index contributed by atoms with van der Waals surface area (Å²) in [6.45, 7) is 2.24.